The smallest absolute Gasteiger partial charge is 0.170 e. The molecule has 0 N–H and O–H groups in total. The van der Waals surface area contributed by atoms with E-state index in [9.17, 15) is 0 Å². The fraction of sp³-hybridized carbons (Fsp3) is 1.00. The predicted octanol–water partition coefficient (Wildman–Crippen LogP) is 6.15. The molecule has 0 radical (unpaired) electrons. The van der Waals surface area contributed by atoms with E-state index in [-0.39, 0.29) is 20.6 Å². The molecule has 0 spiro atoms. The van der Waals surface area contributed by atoms with Gasteiger partial charge in [-0.2, -0.15) is 0 Å². The second kappa shape index (κ2) is 10.6. The minimum Gasteiger partial charge on any atom is -0.350 e. The van der Waals surface area contributed by atoms with Gasteiger partial charge in [-0.3, -0.25) is 0 Å². The first-order valence-electron chi connectivity index (χ1n) is 7.41. The number of ether oxygens (including phenoxy) is 2. The molecule has 0 aromatic carbocycles. The predicted molar refractivity (Wildman–Crippen MR) is 92.1 cm³/mol. The lowest BCUT2D eigenvalue weighted by atomic mass is 9.81. The largest absolute Gasteiger partial charge is 0.350 e. The molecule has 2 rings (SSSR count). The Kier molecular flexibility index (Phi) is 13.2. The molecule has 0 atom stereocenters. The standard InChI is InChI=1S/C8H14O2.2C4H10.2CH4/c1-7-3-5-9-8(7,2)10-6-4-7;2*1-4(2)3;;/h3-6H2,1-2H3;2*4H,1-3H3;2*1H4. The fourth-order valence-electron chi connectivity index (χ4n) is 1.91. The van der Waals surface area contributed by atoms with E-state index in [1.165, 1.54) is 0 Å². The van der Waals surface area contributed by atoms with E-state index in [1.807, 2.05) is 0 Å². The van der Waals surface area contributed by atoms with Crippen LogP contribution in [0.5, 0.6) is 0 Å². The zero-order valence-electron chi connectivity index (χ0n) is 13.8. The Hall–Kier alpha value is -0.0800. The molecule has 0 saturated carbocycles. The highest BCUT2D eigenvalue weighted by molar-refractivity contribution is 4.96. The molecule has 2 aliphatic heterocycles. The molecule has 2 saturated heterocycles. The summed E-state index contributed by atoms with van der Waals surface area (Å²) < 4.78 is 11.1. The van der Waals surface area contributed by atoms with E-state index in [0.29, 0.717) is 5.41 Å². The molecule has 2 fully saturated rings. The maximum Gasteiger partial charge on any atom is 0.170 e. The molecule has 20 heavy (non-hydrogen) atoms. The van der Waals surface area contributed by atoms with E-state index in [1.54, 1.807) is 0 Å². The van der Waals surface area contributed by atoms with Crippen LogP contribution < -0.4 is 0 Å². The van der Waals surface area contributed by atoms with Crippen molar-refractivity contribution in [2.45, 2.75) is 88.9 Å². The van der Waals surface area contributed by atoms with E-state index in [2.05, 4.69) is 55.4 Å². The fourth-order valence-corrected chi connectivity index (χ4v) is 1.91. The average molecular weight is 291 g/mol. The zero-order chi connectivity index (χ0) is 14.4. The van der Waals surface area contributed by atoms with Gasteiger partial charge in [0.25, 0.3) is 0 Å². The molecule has 126 valence electrons. The molecule has 0 aromatic rings. The van der Waals surface area contributed by atoms with Gasteiger partial charge in [0.2, 0.25) is 0 Å². The first kappa shape index (κ1) is 24.9. The van der Waals surface area contributed by atoms with E-state index in [0.717, 1.165) is 37.9 Å². The molecular weight excluding hydrogens is 248 g/mol. The average Bonchev–Trinajstić information content (AvgIpc) is 2.54. The minimum atomic E-state index is -0.257. The third-order valence-electron chi connectivity index (χ3n) is 3.16. The summed E-state index contributed by atoms with van der Waals surface area (Å²) in [4.78, 5) is 0. The maximum atomic E-state index is 5.55. The lowest BCUT2D eigenvalue weighted by Crippen LogP contribution is -2.36. The van der Waals surface area contributed by atoms with Gasteiger partial charge in [-0.15, -0.1) is 0 Å². The molecule has 2 nitrogen and oxygen atoms in total. The summed E-state index contributed by atoms with van der Waals surface area (Å²) in [6, 6.07) is 0. The molecule has 0 amide bonds. The quantitative estimate of drug-likeness (QED) is 0.533. The van der Waals surface area contributed by atoms with Crippen molar-refractivity contribution in [2.75, 3.05) is 13.2 Å². The van der Waals surface area contributed by atoms with Gasteiger partial charge < -0.3 is 9.47 Å². The van der Waals surface area contributed by atoms with Gasteiger partial charge in [-0.25, -0.2) is 0 Å². The monoisotopic (exact) mass is 290 g/mol. The Bertz CT molecular complexity index is 184. The molecule has 2 aliphatic rings. The molecule has 0 aromatic heterocycles. The van der Waals surface area contributed by atoms with Crippen molar-refractivity contribution in [3.05, 3.63) is 0 Å². The Morgan fingerprint density at radius 2 is 0.950 bits per heavy atom. The summed E-state index contributed by atoms with van der Waals surface area (Å²) in [5, 5.41) is 0. The first-order valence-corrected chi connectivity index (χ1v) is 7.41. The third-order valence-corrected chi connectivity index (χ3v) is 3.16. The first-order chi connectivity index (χ1) is 8.13. The van der Waals surface area contributed by atoms with Crippen LogP contribution in [-0.4, -0.2) is 19.0 Å². The number of hydrogen-bond acceptors (Lipinski definition) is 2. The lowest BCUT2D eigenvalue weighted by Gasteiger charge is -2.30. The topological polar surface area (TPSA) is 18.5 Å². The van der Waals surface area contributed by atoms with Gasteiger partial charge in [0.05, 0.1) is 13.2 Å². The van der Waals surface area contributed by atoms with E-state index in [4.69, 9.17) is 9.47 Å². The number of hydrogen-bond donors (Lipinski definition) is 0. The SMILES string of the molecule is C.C.CC(C)C.CC(C)C.CC12CCOC1(C)OCC2. The molecule has 2 heterocycles. The Labute approximate surface area is 129 Å². The second-order valence-corrected chi connectivity index (χ2v) is 7.17. The highest BCUT2D eigenvalue weighted by atomic mass is 16.7. The third kappa shape index (κ3) is 8.26. The van der Waals surface area contributed by atoms with Crippen LogP contribution in [0.25, 0.3) is 0 Å². The van der Waals surface area contributed by atoms with Crippen LogP contribution in [0.15, 0.2) is 0 Å². The second-order valence-electron chi connectivity index (χ2n) is 7.17. The normalized spacial score (nSPS) is 30.3. The summed E-state index contributed by atoms with van der Waals surface area (Å²) in [5.41, 5.74) is 0.299. The summed E-state index contributed by atoms with van der Waals surface area (Å²) in [5.74, 6) is 1.41. The van der Waals surface area contributed by atoms with Crippen LogP contribution in [0.3, 0.4) is 0 Å². The van der Waals surface area contributed by atoms with Crippen molar-refractivity contribution in [2.24, 2.45) is 17.3 Å². The molecule has 0 aliphatic carbocycles. The minimum absolute atomic E-state index is 0. The van der Waals surface area contributed by atoms with Crippen molar-refractivity contribution >= 4 is 0 Å². The highest BCUT2D eigenvalue weighted by Gasteiger charge is 2.54. The van der Waals surface area contributed by atoms with Crippen LogP contribution in [-0.2, 0) is 9.47 Å². The van der Waals surface area contributed by atoms with Gasteiger partial charge >= 0.3 is 0 Å². The summed E-state index contributed by atoms with van der Waals surface area (Å²) in [6.07, 6.45) is 2.31. The van der Waals surface area contributed by atoms with Crippen molar-refractivity contribution in [1.82, 2.24) is 0 Å². The van der Waals surface area contributed by atoms with Crippen LogP contribution in [0.2, 0.25) is 0 Å². The molecule has 0 unspecified atom stereocenters. The molecule has 0 bridgehead atoms. The summed E-state index contributed by atoms with van der Waals surface area (Å²) >= 11 is 0. The van der Waals surface area contributed by atoms with Gasteiger partial charge in [0.1, 0.15) is 0 Å². The van der Waals surface area contributed by atoms with Gasteiger partial charge in [0, 0.05) is 5.41 Å². The van der Waals surface area contributed by atoms with Crippen molar-refractivity contribution < 1.29 is 9.47 Å². The van der Waals surface area contributed by atoms with E-state index < -0.39 is 0 Å². The van der Waals surface area contributed by atoms with Gasteiger partial charge in [-0.05, 0) is 31.6 Å². The van der Waals surface area contributed by atoms with Crippen LogP contribution in [0.4, 0.5) is 0 Å². The van der Waals surface area contributed by atoms with Crippen LogP contribution in [0, 0.1) is 17.3 Å². The van der Waals surface area contributed by atoms with Crippen molar-refractivity contribution in [3.8, 4) is 0 Å². The van der Waals surface area contributed by atoms with Gasteiger partial charge in [-0.1, -0.05) is 63.3 Å². The van der Waals surface area contributed by atoms with Crippen LogP contribution in [0.1, 0.15) is 83.1 Å². The van der Waals surface area contributed by atoms with Crippen molar-refractivity contribution in [3.63, 3.8) is 0 Å². The zero-order valence-corrected chi connectivity index (χ0v) is 13.8. The lowest BCUT2D eigenvalue weighted by molar-refractivity contribution is -0.200. The molecular formula is C18H42O2. The summed E-state index contributed by atoms with van der Waals surface area (Å²) in [6.45, 7) is 19.1. The maximum absolute atomic E-state index is 5.55. The Morgan fingerprint density at radius 1 is 0.700 bits per heavy atom. The Morgan fingerprint density at radius 3 is 1.15 bits per heavy atom. The van der Waals surface area contributed by atoms with Gasteiger partial charge in [0.15, 0.2) is 5.79 Å². The number of fused-ring (bicyclic) bond motifs is 1. The van der Waals surface area contributed by atoms with Crippen LogP contribution >= 0.6 is 0 Å². The number of rotatable bonds is 0. The molecule has 2 heteroatoms. The summed E-state index contributed by atoms with van der Waals surface area (Å²) in [7, 11) is 0. The Balaban J connectivity index is -0.000000251. The van der Waals surface area contributed by atoms with E-state index >= 15 is 0 Å². The van der Waals surface area contributed by atoms with Crippen molar-refractivity contribution in [1.29, 1.82) is 0 Å². The highest BCUT2D eigenvalue weighted by Crippen LogP contribution is 2.50.